The first-order chi connectivity index (χ1) is 6.81. The van der Waals surface area contributed by atoms with Gasteiger partial charge in [-0.05, 0) is 23.1 Å². The number of hydrogen-bond donors (Lipinski definition) is 1. The van der Waals surface area contributed by atoms with Crippen LogP contribution in [-0.2, 0) is 0 Å². The number of nitrogens with zero attached hydrogens (tertiary/aromatic N) is 1. The van der Waals surface area contributed by atoms with Gasteiger partial charge < -0.3 is 5.11 Å². The van der Waals surface area contributed by atoms with Crippen LogP contribution in [0.25, 0.3) is 10.8 Å². The third kappa shape index (κ3) is 1.61. The summed E-state index contributed by atoms with van der Waals surface area (Å²) in [5.74, 6) is 0.194. The average Bonchev–Trinajstić information content (AvgIpc) is 2.27. The Morgan fingerprint density at radius 2 is 2.14 bits per heavy atom. The fourth-order valence-corrected chi connectivity index (χ4v) is 1.52. The molecule has 14 heavy (non-hydrogen) atoms. The van der Waals surface area contributed by atoms with E-state index in [0.29, 0.717) is 0 Å². The molecule has 1 heterocycles. The maximum atomic E-state index is 9.04. The minimum absolute atomic E-state index is 0.186. The lowest BCUT2D eigenvalue weighted by atomic mass is 9.99. The number of rotatable bonds is 2. The minimum Gasteiger partial charge on any atom is -0.396 e. The minimum atomic E-state index is 0.186. The summed E-state index contributed by atoms with van der Waals surface area (Å²) in [6, 6.07) is 8.20. The molecule has 0 aliphatic rings. The van der Waals surface area contributed by atoms with Crippen LogP contribution >= 0.6 is 0 Å². The van der Waals surface area contributed by atoms with Crippen LogP contribution in [0, 0.1) is 0 Å². The first kappa shape index (κ1) is 9.16. The number of aromatic nitrogens is 1. The van der Waals surface area contributed by atoms with Crippen molar-refractivity contribution in [2.45, 2.75) is 12.8 Å². The second-order valence-corrected chi connectivity index (χ2v) is 3.57. The number of pyridine rings is 1. The van der Waals surface area contributed by atoms with Crippen LogP contribution in [0.4, 0.5) is 0 Å². The third-order valence-corrected chi connectivity index (χ3v) is 2.51. The van der Waals surface area contributed by atoms with Gasteiger partial charge in [-0.2, -0.15) is 0 Å². The van der Waals surface area contributed by atoms with Crippen LogP contribution in [-0.4, -0.2) is 16.7 Å². The van der Waals surface area contributed by atoms with Gasteiger partial charge in [0.25, 0.3) is 0 Å². The summed E-state index contributed by atoms with van der Waals surface area (Å²) in [4.78, 5) is 4.08. The van der Waals surface area contributed by atoms with Gasteiger partial charge in [0.05, 0.1) is 0 Å². The van der Waals surface area contributed by atoms with Gasteiger partial charge in [0.15, 0.2) is 0 Å². The molecular formula is C12H13NO. The largest absolute Gasteiger partial charge is 0.396 e. The van der Waals surface area contributed by atoms with Crippen LogP contribution in [0.15, 0.2) is 36.7 Å². The van der Waals surface area contributed by atoms with Crippen molar-refractivity contribution in [1.82, 2.24) is 4.98 Å². The van der Waals surface area contributed by atoms with Crippen LogP contribution in [0.1, 0.15) is 18.4 Å². The highest BCUT2D eigenvalue weighted by Gasteiger charge is 2.03. The molecule has 0 aliphatic heterocycles. The van der Waals surface area contributed by atoms with Gasteiger partial charge in [0.1, 0.15) is 0 Å². The van der Waals surface area contributed by atoms with Gasteiger partial charge in [-0.3, -0.25) is 4.98 Å². The highest BCUT2D eigenvalue weighted by Crippen LogP contribution is 2.20. The Morgan fingerprint density at radius 3 is 2.93 bits per heavy atom. The van der Waals surface area contributed by atoms with Crippen molar-refractivity contribution >= 4 is 10.8 Å². The van der Waals surface area contributed by atoms with Crippen molar-refractivity contribution in [3.8, 4) is 0 Å². The zero-order valence-corrected chi connectivity index (χ0v) is 8.14. The number of fused-ring (bicyclic) bond motifs is 1. The molecule has 0 radical (unpaired) electrons. The van der Waals surface area contributed by atoms with Crippen LogP contribution in [0.5, 0.6) is 0 Å². The Kier molecular flexibility index (Phi) is 2.46. The van der Waals surface area contributed by atoms with E-state index >= 15 is 0 Å². The fraction of sp³-hybridized carbons (Fsp3) is 0.250. The lowest BCUT2D eigenvalue weighted by Crippen LogP contribution is -1.98. The average molecular weight is 187 g/mol. The molecule has 1 N–H and O–H groups in total. The number of hydrogen-bond acceptors (Lipinski definition) is 2. The van der Waals surface area contributed by atoms with Crippen molar-refractivity contribution in [3.63, 3.8) is 0 Å². The molecule has 2 heteroatoms. The Balaban J connectivity index is 2.51. The summed E-state index contributed by atoms with van der Waals surface area (Å²) in [6.45, 7) is 2.20. The standard InChI is InChI=1S/C12H13NO/c1-9(8-14)11-3-2-10-4-5-13-7-12(10)6-11/h2-7,9,14H,8H2,1H3. The van der Waals surface area contributed by atoms with Crippen LogP contribution < -0.4 is 0 Å². The Bertz CT molecular complexity index is 439. The van der Waals surface area contributed by atoms with E-state index in [2.05, 4.69) is 23.2 Å². The fourth-order valence-electron chi connectivity index (χ4n) is 1.52. The Morgan fingerprint density at radius 1 is 1.29 bits per heavy atom. The van der Waals surface area contributed by atoms with E-state index in [-0.39, 0.29) is 12.5 Å². The van der Waals surface area contributed by atoms with Gasteiger partial charge in [-0.1, -0.05) is 19.1 Å². The monoisotopic (exact) mass is 187 g/mol. The van der Waals surface area contributed by atoms with Gasteiger partial charge in [0, 0.05) is 30.3 Å². The van der Waals surface area contributed by atoms with Crippen molar-refractivity contribution in [3.05, 3.63) is 42.2 Å². The first-order valence-electron chi connectivity index (χ1n) is 4.76. The van der Waals surface area contributed by atoms with E-state index in [1.165, 1.54) is 5.39 Å². The summed E-state index contributed by atoms with van der Waals surface area (Å²) in [5, 5.41) is 11.4. The van der Waals surface area contributed by atoms with Gasteiger partial charge in [-0.25, -0.2) is 0 Å². The molecule has 2 nitrogen and oxygen atoms in total. The SMILES string of the molecule is CC(CO)c1ccc2ccncc2c1. The predicted molar refractivity (Wildman–Crippen MR) is 57.2 cm³/mol. The maximum absolute atomic E-state index is 9.04. The second kappa shape index (κ2) is 3.76. The third-order valence-electron chi connectivity index (χ3n) is 2.51. The Labute approximate surface area is 83.2 Å². The number of aliphatic hydroxyl groups is 1. The molecule has 2 aromatic rings. The lowest BCUT2D eigenvalue weighted by Gasteiger charge is -2.08. The highest BCUT2D eigenvalue weighted by atomic mass is 16.3. The van der Waals surface area contributed by atoms with E-state index in [4.69, 9.17) is 5.11 Å². The summed E-state index contributed by atoms with van der Waals surface area (Å²) in [7, 11) is 0. The molecule has 0 amide bonds. The zero-order valence-electron chi connectivity index (χ0n) is 8.14. The van der Waals surface area contributed by atoms with E-state index < -0.39 is 0 Å². The van der Waals surface area contributed by atoms with Gasteiger partial charge in [-0.15, -0.1) is 0 Å². The first-order valence-corrected chi connectivity index (χ1v) is 4.76. The van der Waals surface area contributed by atoms with Gasteiger partial charge >= 0.3 is 0 Å². The van der Waals surface area contributed by atoms with Crippen molar-refractivity contribution in [2.24, 2.45) is 0 Å². The summed E-state index contributed by atoms with van der Waals surface area (Å²) < 4.78 is 0. The molecule has 0 aliphatic carbocycles. The smallest absolute Gasteiger partial charge is 0.0497 e. The van der Waals surface area contributed by atoms with Crippen LogP contribution in [0.3, 0.4) is 0 Å². The second-order valence-electron chi connectivity index (χ2n) is 3.57. The van der Waals surface area contributed by atoms with Crippen molar-refractivity contribution < 1.29 is 5.11 Å². The molecule has 0 spiro atoms. The molecular weight excluding hydrogens is 174 g/mol. The van der Waals surface area contributed by atoms with E-state index in [1.807, 2.05) is 19.2 Å². The van der Waals surface area contributed by atoms with Gasteiger partial charge in [0.2, 0.25) is 0 Å². The predicted octanol–water partition coefficient (Wildman–Crippen LogP) is 2.33. The Hall–Kier alpha value is -1.41. The quantitative estimate of drug-likeness (QED) is 0.782. The normalized spacial score (nSPS) is 13.0. The molecule has 1 atom stereocenters. The summed E-state index contributed by atoms with van der Waals surface area (Å²) in [5.41, 5.74) is 1.16. The lowest BCUT2D eigenvalue weighted by molar-refractivity contribution is 0.273. The molecule has 1 aromatic heterocycles. The molecule has 0 saturated heterocycles. The molecule has 0 fully saturated rings. The number of benzene rings is 1. The van der Waals surface area contributed by atoms with Crippen LogP contribution in [0.2, 0.25) is 0 Å². The summed E-state index contributed by atoms with van der Waals surface area (Å²) in [6.07, 6.45) is 3.64. The topological polar surface area (TPSA) is 33.1 Å². The van der Waals surface area contributed by atoms with E-state index in [0.717, 1.165) is 10.9 Å². The van der Waals surface area contributed by atoms with Crippen molar-refractivity contribution in [1.29, 1.82) is 0 Å². The van der Waals surface area contributed by atoms with Crippen molar-refractivity contribution in [2.75, 3.05) is 6.61 Å². The zero-order chi connectivity index (χ0) is 9.97. The van der Waals surface area contributed by atoms with E-state index in [1.54, 1.807) is 6.20 Å². The molecule has 0 bridgehead atoms. The molecule has 72 valence electrons. The van der Waals surface area contributed by atoms with E-state index in [9.17, 15) is 0 Å². The maximum Gasteiger partial charge on any atom is 0.0497 e. The molecule has 0 saturated carbocycles. The molecule has 1 unspecified atom stereocenters. The number of aliphatic hydroxyl groups excluding tert-OH is 1. The molecule has 1 aromatic carbocycles. The summed E-state index contributed by atoms with van der Waals surface area (Å²) >= 11 is 0. The highest BCUT2D eigenvalue weighted by molar-refractivity contribution is 5.82. The molecule has 2 rings (SSSR count).